The van der Waals surface area contributed by atoms with Gasteiger partial charge in [0.2, 0.25) is 11.8 Å². The lowest BCUT2D eigenvalue weighted by atomic mass is 10.2. The Labute approximate surface area is 178 Å². The number of rotatable bonds is 7. The van der Waals surface area contributed by atoms with Crippen LogP contribution in [0.15, 0.2) is 64.2 Å². The van der Waals surface area contributed by atoms with Crippen molar-refractivity contribution in [3.05, 3.63) is 66.3 Å². The Balaban J connectivity index is 1.40. The van der Waals surface area contributed by atoms with Crippen molar-refractivity contribution in [3.63, 3.8) is 0 Å². The molecule has 0 radical (unpaired) electrons. The summed E-state index contributed by atoms with van der Waals surface area (Å²) in [5, 5.41) is 18.2. The van der Waals surface area contributed by atoms with Gasteiger partial charge in [-0.05, 0) is 56.2 Å². The maximum absolute atomic E-state index is 5.95. The quantitative estimate of drug-likeness (QED) is 0.388. The zero-order valence-electron chi connectivity index (χ0n) is 16.7. The Morgan fingerprint density at radius 3 is 2.47 bits per heavy atom. The van der Waals surface area contributed by atoms with Gasteiger partial charge in [0.05, 0.1) is 12.4 Å². The van der Waals surface area contributed by atoms with Gasteiger partial charge in [-0.2, -0.15) is 0 Å². The summed E-state index contributed by atoms with van der Waals surface area (Å²) in [4.78, 5) is 0. The van der Waals surface area contributed by atoms with E-state index >= 15 is 0 Å². The smallest absolute Gasteiger partial charge is 0.247 e. The van der Waals surface area contributed by atoms with Gasteiger partial charge in [-0.1, -0.05) is 30.0 Å². The molecule has 0 spiro atoms. The number of para-hydroxylation sites is 1. The molecule has 0 bridgehead atoms. The Kier molecular flexibility index (Phi) is 5.00. The predicted octanol–water partition coefficient (Wildman–Crippen LogP) is 5.06. The molecule has 1 unspecified atom stereocenters. The molecule has 7 nitrogen and oxygen atoms in total. The third-order valence-corrected chi connectivity index (χ3v) is 6.05. The van der Waals surface area contributed by atoms with Crippen LogP contribution in [-0.2, 0) is 0 Å². The standard InChI is InChI=1S/C22H21N5O2S/c1-14(20-24-25-21(29-20)16-10-12-18(28-2)13-11-16)30-22-26-23-19(15-8-9-15)27(22)17-6-4-3-5-7-17/h3-7,10-15H,8-9H2,1-2H3. The second-order valence-corrected chi connectivity index (χ2v) is 8.53. The van der Waals surface area contributed by atoms with Crippen LogP contribution < -0.4 is 4.74 Å². The number of thioether (sulfide) groups is 1. The Bertz CT molecular complexity index is 1140. The second-order valence-electron chi connectivity index (χ2n) is 7.22. The maximum atomic E-state index is 5.95. The highest BCUT2D eigenvalue weighted by Gasteiger charge is 2.31. The summed E-state index contributed by atoms with van der Waals surface area (Å²) < 4.78 is 13.3. The van der Waals surface area contributed by atoms with E-state index in [1.807, 2.05) is 49.4 Å². The van der Waals surface area contributed by atoms with Crippen LogP contribution in [-0.4, -0.2) is 32.1 Å². The first-order valence-electron chi connectivity index (χ1n) is 9.88. The molecule has 4 aromatic rings. The lowest BCUT2D eigenvalue weighted by molar-refractivity contribution is 0.415. The second kappa shape index (κ2) is 7.95. The Morgan fingerprint density at radius 2 is 1.77 bits per heavy atom. The lowest BCUT2D eigenvalue weighted by Gasteiger charge is -2.11. The SMILES string of the molecule is COc1ccc(-c2nnc(C(C)Sc3nnc(C4CC4)n3-c3ccccc3)o2)cc1. The molecule has 1 aliphatic carbocycles. The van der Waals surface area contributed by atoms with Gasteiger partial charge in [0, 0.05) is 17.2 Å². The van der Waals surface area contributed by atoms with Crippen molar-refractivity contribution in [2.24, 2.45) is 0 Å². The normalized spacial score (nSPS) is 14.6. The zero-order chi connectivity index (χ0) is 20.5. The largest absolute Gasteiger partial charge is 0.497 e. The molecule has 5 rings (SSSR count). The molecule has 1 aliphatic rings. The summed E-state index contributed by atoms with van der Waals surface area (Å²) in [5.74, 6) is 3.35. The fraction of sp³-hybridized carbons (Fsp3) is 0.273. The number of benzene rings is 2. The minimum atomic E-state index is -0.0665. The van der Waals surface area contributed by atoms with E-state index in [0.29, 0.717) is 17.7 Å². The molecule has 2 heterocycles. The van der Waals surface area contributed by atoms with E-state index in [1.54, 1.807) is 18.9 Å². The highest BCUT2D eigenvalue weighted by molar-refractivity contribution is 7.99. The van der Waals surface area contributed by atoms with E-state index in [9.17, 15) is 0 Å². The summed E-state index contributed by atoms with van der Waals surface area (Å²) in [7, 11) is 1.64. The minimum absolute atomic E-state index is 0.0665. The fourth-order valence-electron chi connectivity index (χ4n) is 3.24. The van der Waals surface area contributed by atoms with E-state index in [2.05, 4.69) is 37.1 Å². The number of nitrogens with zero attached hydrogens (tertiary/aromatic N) is 5. The van der Waals surface area contributed by atoms with Gasteiger partial charge in [0.15, 0.2) is 5.16 Å². The van der Waals surface area contributed by atoms with Crippen LogP contribution in [0.25, 0.3) is 17.1 Å². The molecule has 1 fully saturated rings. The van der Waals surface area contributed by atoms with Crippen molar-refractivity contribution >= 4 is 11.8 Å². The van der Waals surface area contributed by atoms with E-state index in [4.69, 9.17) is 9.15 Å². The molecular weight excluding hydrogens is 398 g/mol. The molecule has 30 heavy (non-hydrogen) atoms. The van der Waals surface area contributed by atoms with E-state index in [0.717, 1.165) is 28.0 Å². The van der Waals surface area contributed by atoms with Crippen LogP contribution in [0.2, 0.25) is 0 Å². The van der Waals surface area contributed by atoms with Gasteiger partial charge in [0.25, 0.3) is 0 Å². The average Bonchev–Trinajstić information content (AvgIpc) is 3.36. The highest BCUT2D eigenvalue weighted by atomic mass is 32.2. The van der Waals surface area contributed by atoms with E-state index in [1.165, 1.54) is 12.8 Å². The molecular formula is C22H21N5O2S. The molecule has 152 valence electrons. The lowest BCUT2D eigenvalue weighted by Crippen LogP contribution is -2.02. The van der Waals surface area contributed by atoms with Crippen LogP contribution in [0, 0.1) is 0 Å². The molecule has 2 aromatic heterocycles. The first-order chi connectivity index (χ1) is 14.7. The van der Waals surface area contributed by atoms with E-state index in [-0.39, 0.29) is 5.25 Å². The van der Waals surface area contributed by atoms with Crippen molar-refractivity contribution in [2.45, 2.75) is 36.1 Å². The Hall–Kier alpha value is -3.13. The molecule has 0 saturated heterocycles. The maximum Gasteiger partial charge on any atom is 0.247 e. The topological polar surface area (TPSA) is 78.9 Å². The summed E-state index contributed by atoms with van der Waals surface area (Å²) in [6, 6.07) is 17.8. The number of methoxy groups -OCH3 is 1. The minimum Gasteiger partial charge on any atom is -0.497 e. The number of ether oxygens (including phenoxy) is 1. The number of hydrogen-bond donors (Lipinski definition) is 0. The summed E-state index contributed by atoms with van der Waals surface area (Å²) in [5.41, 5.74) is 1.93. The molecule has 8 heteroatoms. The third kappa shape index (κ3) is 3.70. The van der Waals surface area contributed by atoms with Gasteiger partial charge < -0.3 is 9.15 Å². The molecule has 1 saturated carbocycles. The first-order valence-corrected chi connectivity index (χ1v) is 10.8. The Morgan fingerprint density at radius 1 is 1.00 bits per heavy atom. The van der Waals surface area contributed by atoms with Crippen molar-refractivity contribution in [3.8, 4) is 22.9 Å². The number of aromatic nitrogens is 5. The molecule has 0 amide bonds. The van der Waals surface area contributed by atoms with Gasteiger partial charge in [-0.3, -0.25) is 4.57 Å². The molecule has 1 atom stereocenters. The van der Waals surface area contributed by atoms with Crippen molar-refractivity contribution in [1.29, 1.82) is 0 Å². The van der Waals surface area contributed by atoms with Gasteiger partial charge >= 0.3 is 0 Å². The van der Waals surface area contributed by atoms with E-state index < -0.39 is 0 Å². The van der Waals surface area contributed by atoms with Crippen molar-refractivity contribution in [1.82, 2.24) is 25.0 Å². The zero-order valence-corrected chi connectivity index (χ0v) is 17.5. The predicted molar refractivity (Wildman–Crippen MR) is 114 cm³/mol. The summed E-state index contributed by atoms with van der Waals surface area (Å²) in [6.45, 7) is 2.04. The van der Waals surface area contributed by atoms with Gasteiger partial charge in [-0.25, -0.2) is 0 Å². The summed E-state index contributed by atoms with van der Waals surface area (Å²) >= 11 is 1.57. The molecule has 0 N–H and O–H groups in total. The van der Waals surface area contributed by atoms with Crippen LogP contribution in [0.1, 0.15) is 42.6 Å². The van der Waals surface area contributed by atoms with Crippen molar-refractivity contribution in [2.75, 3.05) is 7.11 Å². The number of hydrogen-bond acceptors (Lipinski definition) is 7. The summed E-state index contributed by atoms with van der Waals surface area (Å²) in [6.07, 6.45) is 2.33. The van der Waals surface area contributed by atoms with Crippen LogP contribution in [0.4, 0.5) is 0 Å². The van der Waals surface area contributed by atoms with Crippen LogP contribution in [0.3, 0.4) is 0 Å². The first kappa shape index (κ1) is 18.9. The fourth-order valence-corrected chi connectivity index (χ4v) is 4.15. The van der Waals surface area contributed by atoms with Gasteiger partial charge in [-0.15, -0.1) is 20.4 Å². The van der Waals surface area contributed by atoms with Crippen LogP contribution >= 0.6 is 11.8 Å². The average molecular weight is 420 g/mol. The monoisotopic (exact) mass is 419 g/mol. The van der Waals surface area contributed by atoms with Crippen molar-refractivity contribution < 1.29 is 9.15 Å². The molecule has 0 aliphatic heterocycles. The highest BCUT2D eigenvalue weighted by Crippen LogP contribution is 2.43. The van der Waals surface area contributed by atoms with Crippen LogP contribution in [0.5, 0.6) is 5.75 Å². The third-order valence-electron chi connectivity index (χ3n) is 5.02. The van der Waals surface area contributed by atoms with Gasteiger partial charge in [0.1, 0.15) is 11.6 Å². The molecule has 2 aromatic carbocycles.